The predicted octanol–water partition coefficient (Wildman–Crippen LogP) is 2.18. The van der Waals surface area contributed by atoms with E-state index in [0.717, 1.165) is 0 Å². The summed E-state index contributed by atoms with van der Waals surface area (Å²) in [4.78, 5) is 11.0. The molecule has 0 amide bonds. The fourth-order valence-electron chi connectivity index (χ4n) is 2.04. The number of nitrogens with zero attached hydrogens (tertiary/aromatic N) is 1. The minimum Gasteiger partial charge on any atom is -0.478 e. The van der Waals surface area contributed by atoms with Gasteiger partial charge in [0.05, 0.1) is 10.5 Å². The predicted molar refractivity (Wildman–Crippen MR) is 73.6 cm³/mol. The summed E-state index contributed by atoms with van der Waals surface area (Å²) in [5.74, 6) is -0.830. The first-order valence-electron chi connectivity index (χ1n) is 5.79. The average molecular weight is 348 g/mol. The third-order valence-electron chi connectivity index (χ3n) is 3.47. The summed E-state index contributed by atoms with van der Waals surface area (Å²) < 4.78 is 26.7. The molecule has 0 radical (unpaired) electrons. The van der Waals surface area contributed by atoms with E-state index in [0.29, 0.717) is 16.9 Å². The second kappa shape index (κ2) is 4.88. The zero-order chi connectivity index (χ0) is 14.4. The normalized spacial score (nSPS) is 23.9. The molecule has 1 N–H and O–H groups in total. The molecule has 0 aromatic heterocycles. The van der Waals surface area contributed by atoms with Crippen molar-refractivity contribution in [3.8, 4) is 0 Å². The van der Waals surface area contributed by atoms with E-state index >= 15 is 0 Å². The SMILES string of the molecule is CC1CN(S(=O)(=O)c2cc(Br)cc(C(=O)O)c2)C1C. The number of halogens is 1. The van der Waals surface area contributed by atoms with Gasteiger partial charge in [0.1, 0.15) is 0 Å². The van der Waals surface area contributed by atoms with Crippen molar-refractivity contribution >= 4 is 31.9 Å². The number of carbonyl (C=O) groups is 1. The Morgan fingerprint density at radius 3 is 2.47 bits per heavy atom. The lowest BCUT2D eigenvalue weighted by molar-refractivity contribution is 0.0696. The van der Waals surface area contributed by atoms with Crippen LogP contribution < -0.4 is 0 Å². The van der Waals surface area contributed by atoms with Crippen molar-refractivity contribution in [1.82, 2.24) is 4.31 Å². The maximum atomic E-state index is 12.4. The van der Waals surface area contributed by atoms with Crippen LogP contribution in [0.15, 0.2) is 27.6 Å². The van der Waals surface area contributed by atoms with Crippen LogP contribution in [0.2, 0.25) is 0 Å². The molecule has 1 aliphatic heterocycles. The smallest absolute Gasteiger partial charge is 0.335 e. The summed E-state index contributed by atoms with van der Waals surface area (Å²) in [5, 5.41) is 8.97. The van der Waals surface area contributed by atoms with Gasteiger partial charge in [-0.2, -0.15) is 4.31 Å². The Morgan fingerprint density at radius 1 is 1.37 bits per heavy atom. The Morgan fingerprint density at radius 2 is 2.00 bits per heavy atom. The third kappa shape index (κ3) is 2.54. The second-order valence-corrected chi connectivity index (χ2v) is 7.58. The van der Waals surface area contributed by atoms with Gasteiger partial charge >= 0.3 is 5.97 Å². The van der Waals surface area contributed by atoms with Crippen molar-refractivity contribution < 1.29 is 18.3 Å². The zero-order valence-corrected chi connectivity index (χ0v) is 12.9. The molecule has 0 aliphatic carbocycles. The first-order chi connectivity index (χ1) is 8.73. The van der Waals surface area contributed by atoms with Gasteiger partial charge in [0.15, 0.2) is 0 Å². The van der Waals surface area contributed by atoms with E-state index in [1.807, 2.05) is 13.8 Å². The Hall–Kier alpha value is -0.920. The van der Waals surface area contributed by atoms with Crippen LogP contribution in [0.1, 0.15) is 24.2 Å². The molecule has 0 spiro atoms. The van der Waals surface area contributed by atoms with Crippen LogP contribution in [0.5, 0.6) is 0 Å². The molecular formula is C12H14BrNO4S. The fourth-order valence-corrected chi connectivity index (χ4v) is 4.58. The van der Waals surface area contributed by atoms with E-state index in [2.05, 4.69) is 15.9 Å². The number of carboxylic acids is 1. The van der Waals surface area contributed by atoms with Gasteiger partial charge in [-0.05, 0) is 31.0 Å². The van der Waals surface area contributed by atoms with Gasteiger partial charge in [-0.1, -0.05) is 22.9 Å². The lowest BCUT2D eigenvalue weighted by Crippen LogP contribution is -2.55. The van der Waals surface area contributed by atoms with Crippen molar-refractivity contribution in [2.24, 2.45) is 5.92 Å². The van der Waals surface area contributed by atoms with Crippen LogP contribution in [0.3, 0.4) is 0 Å². The van der Waals surface area contributed by atoms with E-state index in [4.69, 9.17) is 5.11 Å². The van der Waals surface area contributed by atoms with E-state index < -0.39 is 16.0 Å². The highest BCUT2D eigenvalue weighted by Crippen LogP contribution is 2.32. The van der Waals surface area contributed by atoms with Gasteiger partial charge in [-0.25, -0.2) is 13.2 Å². The molecule has 2 rings (SSSR count). The Balaban J connectivity index is 2.44. The number of carboxylic acid groups (broad SMARTS) is 1. The number of hydrogen-bond acceptors (Lipinski definition) is 3. The number of rotatable bonds is 3. The maximum Gasteiger partial charge on any atom is 0.335 e. The van der Waals surface area contributed by atoms with Crippen LogP contribution in [0.4, 0.5) is 0 Å². The average Bonchev–Trinajstić information content (AvgIpc) is 2.34. The molecule has 1 heterocycles. The van der Waals surface area contributed by atoms with Crippen LogP contribution in [-0.2, 0) is 10.0 Å². The topological polar surface area (TPSA) is 74.7 Å². The van der Waals surface area contributed by atoms with Gasteiger partial charge in [-0.3, -0.25) is 0 Å². The third-order valence-corrected chi connectivity index (χ3v) is 5.86. The van der Waals surface area contributed by atoms with Gasteiger partial charge in [0, 0.05) is 17.1 Å². The summed E-state index contributed by atoms with van der Waals surface area (Å²) in [6.07, 6.45) is 0. The molecule has 2 unspecified atom stereocenters. The minimum atomic E-state index is -3.62. The number of sulfonamides is 1. The largest absolute Gasteiger partial charge is 0.478 e. The molecule has 1 saturated heterocycles. The van der Waals surface area contributed by atoms with E-state index in [1.165, 1.54) is 22.5 Å². The van der Waals surface area contributed by atoms with E-state index in [-0.39, 0.29) is 16.5 Å². The maximum absolute atomic E-state index is 12.4. The molecule has 0 bridgehead atoms. The van der Waals surface area contributed by atoms with Gasteiger partial charge < -0.3 is 5.11 Å². The summed E-state index contributed by atoms with van der Waals surface area (Å²) >= 11 is 3.14. The van der Waals surface area contributed by atoms with Crippen molar-refractivity contribution in [3.05, 3.63) is 28.2 Å². The first-order valence-corrected chi connectivity index (χ1v) is 8.02. The molecule has 7 heteroatoms. The van der Waals surface area contributed by atoms with Crippen LogP contribution >= 0.6 is 15.9 Å². The number of aromatic carboxylic acids is 1. The molecule has 0 saturated carbocycles. The molecule has 19 heavy (non-hydrogen) atoms. The molecule has 2 atom stereocenters. The fraction of sp³-hybridized carbons (Fsp3) is 0.417. The van der Waals surface area contributed by atoms with E-state index in [1.54, 1.807) is 0 Å². The highest BCUT2D eigenvalue weighted by molar-refractivity contribution is 9.10. The van der Waals surface area contributed by atoms with Crippen molar-refractivity contribution in [3.63, 3.8) is 0 Å². The van der Waals surface area contributed by atoms with Gasteiger partial charge in [0.25, 0.3) is 0 Å². The molecule has 104 valence electrons. The zero-order valence-electron chi connectivity index (χ0n) is 10.5. The van der Waals surface area contributed by atoms with Crippen LogP contribution in [0.25, 0.3) is 0 Å². The molecule has 1 fully saturated rings. The molecule has 5 nitrogen and oxygen atoms in total. The summed E-state index contributed by atoms with van der Waals surface area (Å²) in [5.41, 5.74) is -0.0471. The Labute approximate surface area is 120 Å². The van der Waals surface area contributed by atoms with Crippen LogP contribution in [-0.4, -0.2) is 36.4 Å². The highest BCUT2D eigenvalue weighted by atomic mass is 79.9. The molecule has 1 aliphatic rings. The monoisotopic (exact) mass is 347 g/mol. The quantitative estimate of drug-likeness (QED) is 0.909. The lowest BCUT2D eigenvalue weighted by Gasteiger charge is -2.43. The van der Waals surface area contributed by atoms with Gasteiger partial charge in [-0.15, -0.1) is 0 Å². The number of hydrogen-bond donors (Lipinski definition) is 1. The minimum absolute atomic E-state index is 0.0121. The highest BCUT2D eigenvalue weighted by Gasteiger charge is 2.41. The Bertz CT molecular complexity index is 629. The summed E-state index contributed by atoms with van der Waals surface area (Å²) in [6.45, 7) is 4.31. The van der Waals surface area contributed by atoms with Crippen molar-refractivity contribution in [2.45, 2.75) is 24.8 Å². The summed E-state index contributed by atoms with van der Waals surface area (Å²) in [6, 6.07) is 3.94. The Kier molecular flexibility index (Phi) is 3.72. The van der Waals surface area contributed by atoms with E-state index in [9.17, 15) is 13.2 Å². The lowest BCUT2D eigenvalue weighted by atomic mass is 9.96. The molecule has 1 aromatic carbocycles. The first kappa shape index (κ1) is 14.5. The van der Waals surface area contributed by atoms with Crippen LogP contribution in [0, 0.1) is 5.92 Å². The number of benzene rings is 1. The van der Waals surface area contributed by atoms with Crippen molar-refractivity contribution in [2.75, 3.05) is 6.54 Å². The van der Waals surface area contributed by atoms with Crippen molar-refractivity contribution in [1.29, 1.82) is 0 Å². The summed E-state index contributed by atoms with van der Waals surface area (Å²) in [7, 11) is -3.62. The standard InChI is InChI=1S/C12H14BrNO4S/c1-7-6-14(8(7)2)19(17,18)11-4-9(12(15)16)3-10(13)5-11/h3-5,7-8H,6H2,1-2H3,(H,15,16). The van der Waals surface area contributed by atoms with Gasteiger partial charge in [0.2, 0.25) is 10.0 Å². The molecule has 1 aromatic rings. The second-order valence-electron chi connectivity index (χ2n) is 4.77. The molecular weight excluding hydrogens is 334 g/mol.